The van der Waals surface area contributed by atoms with Crippen LogP contribution in [0.1, 0.15) is 39.2 Å². The van der Waals surface area contributed by atoms with Crippen LogP contribution >= 0.6 is 0 Å². The van der Waals surface area contributed by atoms with Gasteiger partial charge in [0.2, 0.25) is 0 Å². The molecule has 1 aromatic carbocycles. The van der Waals surface area contributed by atoms with E-state index in [9.17, 15) is 4.79 Å². The first-order chi connectivity index (χ1) is 14.3. The molecule has 0 bridgehead atoms. The Bertz CT molecular complexity index is 707. The first-order valence-corrected chi connectivity index (χ1v) is 10.1. The van der Waals surface area contributed by atoms with Crippen LogP contribution in [-0.4, -0.2) is 57.0 Å². The van der Waals surface area contributed by atoms with Crippen LogP contribution in [0.2, 0.25) is 0 Å². The number of carbonyl (C=O) groups is 1. The Labute approximate surface area is 178 Å². The minimum Gasteiger partial charge on any atom is -0.497 e. The second kappa shape index (κ2) is 11.3. The number of terminal acetylenes is 1. The van der Waals surface area contributed by atoms with E-state index in [2.05, 4.69) is 5.92 Å². The van der Waals surface area contributed by atoms with Crippen LogP contribution in [-0.2, 0) is 35.1 Å². The van der Waals surface area contributed by atoms with Gasteiger partial charge in [-0.25, -0.2) is 4.79 Å². The van der Waals surface area contributed by atoms with Crippen molar-refractivity contribution < 1.29 is 33.2 Å². The van der Waals surface area contributed by atoms with Crippen molar-refractivity contribution >= 4 is 5.97 Å². The molecular weight excluding hydrogens is 388 g/mol. The van der Waals surface area contributed by atoms with Crippen molar-refractivity contribution in [2.24, 2.45) is 0 Å². The van der Waals surface area contributed by atoms with Gasteiger partial charge < -0.3 is 28.4 Å². The molecule has 30 heavy (non-hydrogen) atoms. The monoisotopic (exact) mass is 420 g/mol. The highest BCUT2D eigenvalue weighted by Gasteiger charge is 2.51. The van der Waals surface area contributed by atoms with E-state index in [-0.39, 0.29) is 6.61 Å². The number of esters is 1. The van der Waals surface area contributed by atoms with E-state index >= 15 is 0 Å². The lowest BCUT2D eigenvalue weighted by Gasteiger charge is -2.32. The maximum Gasteiger partial charge on any atom is 0.338 e. The molecule has 166 valence electrons. The SMILES string of the molecule is C#CCC[C@H](OC)[C@H](OCc1ccc(OC)cc1)[C@H]1OC(C)(C)O[C@H]1C(=O)OCC. The van der Waals surface area contributed by atoms with Gasteiger partial charge in [-0.15, -0.1) is 12.3 Å². The van der Waals surface area contributed by atoms with E-state index in [1.165, 1.54) is 0 Å². The Balaban J connectivity index is 2.25. The zero-order valence-electron chi connectivity index (χ0n) is 18.4. The molecule has 2 rings (SSSR count). The first-order valence-electron chi connectivity index (χ1n) is 10.1. The normalized spacial score (nSPS) is 22.1. The standard InChI is InChI=1S/C23H32O7/c1-7-9-10-18(26-6)19(28-15-16-11-13-17(25-5)14-12-16)20-21(22(24)27-8-2)30-23(3,4)29-20/h1,11-14,18-21H,8-10,15H2,2-6H3/t18-,19-,20+,21+/m0/s1. The Kier molecular flexibility index (Phi) is 9.12. The summed E-state index contributed by atoms with van der Waals surface area (Å²) in [4.78, 5) is 12.5. The van der Waals surface area contributed by atoms with Gasteiger partial charge in [-0.2, -0.15) is 0 Å². The van der Waals surface area contributed by atoms with Crippen LogP contribution in [0.4, 0.5) is 0 Å². The molecule has 0 radical (unpaired) electrons. The average Bonchev–Trinajstić information content (AvgIpc) is 3.06. The Morgan fingerprint density at radius 1 is 1.23 bits per heavy atom. The molecule has 0 unspecified atom stereocenters. The fourth-order valence-corrected chi connectivity index (χ4v) is 3.41. The van der Waals surface area contributed by atoms with Gasteiger partial charge in [-0.3, -0.25) is 0 Å². The van der Waals surface area contributed by atoms with Gasteiger partial charge in [0.1, 0.15) is 18.0 Å². The molecule has 1 aliphatic heterocycles. The highest BCUT2D eigenvalue weighted by atomic mass is 16.8. The Morgan fingerprint density at radius 3 is 2.50 bits per heavy atom. The largest absolute Gasteiger partial charge is 0.497 e. The molecule has 0 aromatic heterocycles. The third-order valence-electron chi connectivity index (χ3n) is 4.82. The fourth-order valence-electron chi connectivity index (χ4n) is 3.41. The highest BCUT2D eigenvalue weighted by Crippen LogP contribution is 2.34. The third kappa shape index (κ3) is 6.44. The van der Waals surface area contributed by atoms with Crippen molar-refractivity contribution in [2.75, 3.05) is 20.8 Å². The average molecular weight is 421 g/mol. The number of benzene rings is 1. The van der Waals surface area contributed by atoms with Gasteiger partial charge in [0.25, 0.3) is 0 Å². The molecule has 7 heteroatoms. The molecule has 0 N–H and O–H groups in total. The molecule has 1 aromatic rings. The van der Waals surface area contributed by atoms with Crippen LogP contribution in [0.3, 0.4) is 0 Å². The summed E-state index contributed by atoms with van der Waals surface area (Å²) in [5.74, 6) is 1.93. The second-order valence-electron chi connectivity index (χ2n) is 7.41. The topological polar surface area (TPSA) is 72.5 Å². The zero-order chi connectivity index (χ0) is 22.1. The predicted molar refractivity (Wildman–Crippen MR) is 111 cm³/mol. The predicted octanol–water partition coefficient (Wildman–Crippen LogP) is 3.09. The summed E-state index contributed by atoms with van der Waals surface area (Å²) in [7, 11) is 3.20. The molecule has 1 heterocycles. The molecule has 0 saturated carbocycles. The van der Waals surface area contributed by atoms with Gasteiger partial charge in [-0.1, -0.05) is 12.1 Å². The van der Waals surface area contributed by atoms with Crippen LogP contribution in [0.25, 0.3) is 0 Å². The number of rotatable bonds is 11. The van der Waals surface area contributed by atoms with Crippen molar-refractivity contribution in [3.63, 3.8) is 0 Å². The maximum absolute atomic E-state index is 12.5. The maximum atomic E-state index is 12.5. The van der Waals surface area contributed by atoms with Gasteiger partial charge in [-0.05, 0) is 44.9 Å². The molecule has 1 saturated heterocycles. The molecule has 1 aliphatic rings. The van der Waals surface area contributed by atoms with Crippen LogP contribution in [0, 0.1) is 12.3 Å². The van der Waals surface area contributed by atoms with Crippen molar-refractivity contribution in [3.05, 3.63) is 29.8 Å². The lowest BCUT2D eigenvalue weighted by Crippen LogP contribution is -2.48. The Morgan fingerprint density at radius 2 is 1.93 bits per heavy atom. The molecule has 0 spiro atoms. The molecule has 4 atom stereocenters. The molecule has 1 fully saturated rings. The quantitative estimate of drug-likeness (QED) is 0.402. The number of hydrogen-bond donors (Lipinski definition) is 0. The molecule has 0 amide bonds. The Hall–Kier alpha value is -2.11. The third-order valence-corrected chi connectivity index (χ3v) is 4.82. The van der Waals surface area contributed by atoms with Crippen LogP contribution < -0.4 is 4.74 Å². The summed E-state index contributed by atoms with van der Waals surface area (Å²) in [5, 5.41) is 0. The van der Waals surface area contributed by atoms with Crippen LogP contribution in [0.15, 0.2) is 24.3 Å². The lowest BCUT2D eigenvalue weighted by molar-refractivity contribution is -0.177. The van der Waals surface area contributed by atoms with E-state index in [4.69, 9.17) is 34.8 Å². The van der Waals surface area contributed by atoms with Crippen molar-refractivity contribution in [1.82, 2.24) is 0 Å². The van der Waals surface area contributed by atoms with Gasteiger partial charge in [0.05, 0.1) is 26.4 Å². The highest BCUT2D eigenvalue weighted by molar-refractivity contribution is 5.76. The number of carbonyl (C=O) groups excluding carboxylic acids is 1. The molecular formula is C23H32O7. The van der Waals surface area contributed by atoms with Gasteiger partial charge in [0.15, 0.2) is 11.9 Å². The lowest BCUT2D eigenvalue weighted by atomic mass is 9.99. The summed E-state index contributed by atoms with van der Waals surface area (Å²) >= 11 is 0. The van der Waals surface area contributed by atoms with Crippen molar-refractivity contribution in [1.29, 1.82) is 0 Å². The van der Waals surface area contributed by atoms with Crippen LogP contribution in [0.5, 0.6) is 5.75 Å². The summed E-state index contributed by atoms with van der Waals surface area (Å²) in [6.45, 7) is 5.79. The second-order valence-corrected chi connectivity index (χ2v) is 7.41. The van der Waals surface area contributed by atoms with E-state index in [1.807, 2.05) is 24.3 Å². The van der Waals surface area contributed by atoms with E-state index in [1.54, 1.807) is 35.0 Å². The smallest absolute Gasteiger partial charge is 0.338 e. The molecule has 0 aliphatic carbocycles. The number of methoxy groups -OCH3 is 2. The minimum absolute atomic E-state index is 0.244. The van der Waals surface area contributed by atoms with Crippen molar-refractivity contribution in [3.8, 4) is 18.1 Å². The van der Waals surface area contributed by atoms with E-state index in [0.29, 0.717) is 19.4 Å². The van der Waals surface area contributed by atoms with Gasteiger partial charge in [0, 0.05) is 13.5 Å². The minimum atomic E-state index is -0.964. The molecule has 7 nitrogen and oxygen atoms in total. The fraction of sp³-hybridized carbons (Fsp3) is 0.609. The van der Waals surface area contributed by atoms with E-state index < -0.39 is 36.2 Å². The zero-order valence-corrected chi connectivity index (χ0v) is 18.4. The number of hydrogen-bond acceptors (Lipinski definition) is 7. The van der Waals surface area contributed by atoms with E-state index in [0.717, 1.165) is 11.3 Å². The van der Waals surface area contributed by atoms with Gasteiger partial charge >= 0.3 is 5.97 Å². The summed E-state index contributed by atoms with van der Waals surface area (Å²) < 4.78 is 34.2. The summed E-state index contributed by atoms with van der Waals surface area (Å²) in [6.07, 6.45) is 3.88. The summed E-state index contributed by atoms with van der Waals surface area (Å²) in [5.41, 5.74) is 0.943. The summed E-state index contributed by atoms with van der Waals surface area (Å²) in [6, 6.07) is 7.55. The number of ether oxygens (including phenoxy) is 6. The van der Waals surface area contributed by atoms with Crippen molar-refractivity contribution in [2.45, 2.75) is 70.4 Å². The first kappa shape index (κ1) is 24.2.